The van der Waals surface area contributed by atoms with Gasteiger partial charge in [-0.1, -0.05) is 29.8 Å². The van der Waals surface area contributed by atoms with Crippen molar-refractivity contribution in [3.63, 3.8) is 0 Å². The number of carbonyl (C=O) groups is 1. The van der Waals surface area contributed by atoms with Gasteiger partial charge in [-0.25, -0.2) is 0 Å². The van der Waals surface area contributed by atoms with Crippen LogP contribution in [0.2, 0.25) is 0 Å². The van der Waals surface area contributed by atoms with Gasteiger partial charge in [0.25, 0.3) is 0 Å². The van der Waals surface area contributed by atoms with E-state index >= 15 is 0 Å². The summed E-state index contributed by atoms with van der Waals surface area (Å²) in [7, 11) is 3.57. The van der Waals surface area contributed by atoms with Crippen LogP contribution in [-0.4, -0.2) is 35.9 Å². The van der Waals surface area contributed by atoms with Crippen LogP contribution in [0.1, 0.15) is 24.0 Å². The van der Waals surface area contributed by atoms with Crippen molar-refractivity contribution < 1.29 is 9.53 Å². The molecule has 23 heavy (non-hydrogen) atoms. The molecule has 0 fully saturated rings. The number of nitrogens with one attached hydrogen (secondary N) is 1. The van der Waals surface area contributed by atoms with Gasteiger partial charge in [-0.05, 0) is 25.3 Å². The number of methoxy groups -OCH3 is 1. The molecule has 2 rings (SSSR count). The Kier molecular flexibility index (Phi) is 6.35. The van der Waals surface area contributed by atoms with Crippen LogP contribution in [0.4, 0.5) is 0 Å². The standard InChI is InChI=1S/C18H25N3O2/c1-14-5-7-15(8-6-14)18-16(13-21(2)20-18)9-10-17(22)19-11-4-12-23-3/h5-8,13H,4,9-12H2,1-3H3,(H,19,22). The summed E-state index contributed by atoms with van der Waals surface area (Å²) in [6.07, 6.45) is 3.99. The predicted molar refractivity (Wildman–Crippen MR) is 91.2 cm³/mol. The van der Waals surface area contributed by atoms with E-state index in [1.807, 2.05) is 13.2 Å². The zero-order chi connectivity index (χ0) is 16.7. The monoisotopic (exact) mass is 315 g/mol. The third-order valence-electron chi connectivity index (χ3n) is 3.70. The van der Waals surface area contributed by atoms with E-state index in [2.05, 4.69) is 41.6 Å². The normalized spacial score (nSPS) is 10.7. The molecule has 0 aliphatic rings. The molecule has 0 aliphatic heterocycles. The minimum atomic E-state index is 0.0693. The minimum Gasteiger partial charge on any atom is -0.385 e. The molecule has 124 valence electrons. The molecule has 0 bridgehead atoms. The first kappa shape index (κ1) is 17.2. The van der Waals surface area contributed by atoms with Crippen LogP contribution in [-0.2, 0) is 23.0 Å². The molecule has 0 saturated carbocycles. The Morgan fingerprint density at radius 3 is 2.74 bits per heavy atom. The molecule has 1 aromatic heterocycles. The lowest BCUT2D eigenvalue weighted by Gasteiger charge is -2.05. The maximum atomic E-state index is 11.9. The lowest BCUT2D eigenvalue weighted by atomic mass is 10.0. The van der Waals surface area contributed by atoms with Crippen molar-refractivity contribution in [3.05, 3.63) is 41.6 Å². The van der Waals surface area contributed by atoms with Crippen LogP contribution in [0.3, 0.4) is 0 Å². The predicted octanol–water partition coefficient (Wildman–Crippen LogP) is 2.48. The van der Waals surface area contributed by atoms with Gasteiger partial charge in [0.1, 0.15) is 0 Å². The Bertz CT molecular complexity index is 632. The highest BCUT2D eigenvalue weighted by atomic mass is 16.5. The molecule has 2 aromatic rings. The number of rotatable bonds is 8. The van der Waals surface area contributed by atoms with Gasteiger partial charge in [0.15, 0.2) is 0 Å². The summed E-state index contributed by atoms with van der Waals surface area (Å²) in [6, 6.07) is 8.31. The zero-order valence-corrected chi connectivity index (χ0v) is 14.1. The van der Waals surface area contributed by atoms with Crippen molar-refractivity contribution in [2.45, 2.75) is 26.2 Å². The van der Waals surface area contributed by atoms with E-state index in [0.717, 1.165) is 23.2 Å². The van der Waals surface area contributed by atoms with Gasteiger partial charge in [0.2, 0.25) is 5.91 Å². The van der Waals surface area contributed by atoms with Crippen LogP contribution in [0.25, 0.3) is 11.3 Å². The molecule has 0 spiro atoms. The summed E-state index contributed by atoms with van der Waals surface area (Å²) in [4.78, 5) is 11.9. The number of aromatic nitrogens is 2. The van der Waals surface area contributed by atoms with Gasteiger partial charge in [-0.2, -0.15) is 5.10 Å². The van der Waals surface area contributed by atoms with Crippen molar-refractivity contribution in [2.24, 2.45) is 7.05 Å². The molecule has 1 aromatic carbocycles. The number of hydrogen-bond acceptors (Lipinski definition) is 3. The Morgan fingerprint density at radius 1 is 1.30 bits per heavy atom. The number of benzene rings is 1. The molecule has 5 heteroatoms. The third kappa shape index (κ3) is 5.21. The maximum absolute atomic E-state index is 11.9. The highest BCUT2D eigenvalue weighted by molar-refractivity contribution is 5.76. The van der Waals surface area contributed by atoms with Crippen LogP contribution < -0.4 is 5.32 Å². The van der Waals surface area contributed by atoms with E-state index in [-0.39, 0.29) is 5.91 Å². The van der Waals surface area contributed by atoms with E-state index in [4.69, 9.17) is 4.74 Å². The molecule has 5 nitrogen and oxygen atoms in total. The lowest BCUT2D eigenvalue weighted by Crippen LogP contribution is -2.25. The topological polar surface area (TPSA) is 56.1 Å². The first-order chi connectivity index (χ1) is 11.1. The largest absolute Gasteiger partial charge is 0.385 e. The summed E-state index contributed by atoms with van der Waals surface area (Å²) in [5.74, 6) is 0.0693. The zero-order valence-electron chi connectivity index (χ0n) is 14.1. The molecular weight excluding hydrogens is 290 g/mol. The van der Waals surface area contributed by atoms with Gasteiger partial charge in [0, 0.05) is 45.5 Å². The maximum Gasteiger partial charge on any atom is 0.220 e. The average molecular weight is 315 g/mol. The number of nitrogens with zero attached hydrogens (tertiary/aromatic N) is 2. The Balaban J connectivity index is 1.95. The second kappa shape index (κ2) is 8.48. The smallest absolute Gasteiger partial charge is 0.220 e. The summed E-state index contributed by atoms with van der Waals surface area (Å²) in [5, 5.41) is 7.46. The van der Waals surface area contributed by atoms with Crippen LogP contribution in [0.5, 0.6) is 0 Å². The molecular formula is C18H25N3O2. The molecule has 1 amide bonds. The van der Waals surface area contributed by atoms with Crippen molar-refractivity contribution in [1.82, 2.24) is 15.1 Å². The van der Waals surface area contributed by atoms with E-state index < -0.39 is 0 Å². The lowest BCUT2D eigenvalue weighted by molar-refractivity contribution is -0.121. The van der Waals surface area contributed by atoms with Crippen molar-refractivity contribution in [3.8, 4) is 11.3 Å². The van der Waals surface area contributed by atoms with Gasteiger partial charge < -0.3 is 10.1 Å². The van der Waals surface area contributed by atoms with Crippen LogP contribution in [0.15, 0.2) is 30.5 Å². The molecule has 0 saturated heterocycles. The van der Waals surface area contributed by atoms with Crippen molar-refractivity contribution in [1.29, 1.82) is 0 Å². The first-order valence-electron chi connectivity index (χ1n) is 7.95. The molecule has 0 radical (unpaired) electrons. The summed E-state index contributed by atoms with van der Waals surface area (Å²) < 4.78 is 6.77. The highest BCUT2D eigenvalue weighted by Crippen LogP contribution is 2.23. The van der Waals surface area contributed by atoms with Gasteiger partial charge in [-0.3, -0.25) is 9.48 Å². The first-order valence-corrected chi connectivity index (χ1v) is 7.95. The average Bonchev–Trinajstić information content (AvgIpc) is 2.91. The fourth-order valence-electron chi connectivity index (χ4n) is 2.46. The van der Waals surface area contributed by atoms with E-state index in [0.29, 0.717) is 26.0 Å². The molecule has 0 unspecified atom stereocenters. The van der Waals surface area contributed by atoms with Crippen LogP contribution in [0, 0.1) is 6.92 Å². The summed E-state index contributed by atoms with van der Waals surface area (Å²) in [5.41, 5.74) is 4.37. The number of carbonyl (C=O) groups excluding carboxylic acids is 1. The van der Waals surface area contributed by atoms with Gasteiger partial charge >= 0.3 is 0 Å². The van der Waals surface area contributed by atoms with E-state index in [9.17, 15) is 4.79 Å². The summed E-state index contributed by atoms with van der Waals surface area (Å²) >= 11 is 0. The molecule has 1 heterocycles. The van der Waals surface area contributed by atoms with E-state index in [1.54, 1.807) is 11.8 Å². The third-order valence-corrected chi connectivity index (χ3v) is 3.70. The second-order valence-corrected chi connectivity index (χ2v) is 5.74. The van der Waals surface area contributed by atoms with E-state index in [1.165, 1.54) is 5.56 Å². The molecule has 0 aliphatic carbocycles. The highest BCUT2D eigenvalue weighted by Gasteiger charge is 2.11. The Morgan fingerprint density at radius 2 is 2.04 bits per heavy atom. The van der Waals surface area contributed by atoms with Gasteiger partial charge in [-0.15, -0.1) is 0 Å². The number of aryl methyl sites for hydroxylation is 3. The quantitative estimate of drug-likeness (QED) is 0.761. The fourth-order valence-corrected chi connectivity index (χ4v) is 2.46. The SMILES string of the molecule is COCCCNC(=O)CCc1cn(C)nc1-c1ccc(C)cc1. The number of amides is 1. The van der Waals surface area contributed by atoms with Crippen LogP contribution >= 0.6 is 0 Å². The second-order valence-electron chi connectivity index (χ2n) is 5.74. The Hall–Kier alpha value is -2.14. The summed E-state index contributed by atoms with van der Waals surface area (Å²) in [6.45, 7) is 3.39. The van der Waals surface area contributed by atoms with Gasteiger partial charge in [0.05, 0.1) is 5.69 Å². The molecule has 1 N–H and O–H groups in total. The minimum absolute atomic E-state index is 0.0693. The van der Waals surface area contributed by atoms with Crippen molar-refractivity contribution in [2.75, 3.05) is 20.3 Å². The number of ether oxygens (including phenoxy) is 1. The Labute approximate surface area is 137 Å². The van der Waals surface area contributed by atoms with Crippen molar-refractivity contribution >= 4 is 5.91 Å². The fraction of sp³-hybridized carbons (Fsp3) is 0.444. The number of hydrogen-bond donors (Lipinski definition) is 1. The molecule has 0 atom stereocenters.